The summed E-state index contributed by atoms with van der Waals surface area (Å²) in [4.78, 5) is 23.7. The van der Waals surface area contributed by atoms with Gasteiger partial charge in [0.2, 0.25) is 0 Å². The topological polar surface area (TPSA) is 64.6 Å². The van der Waals surface area contributed by atoms with E-state index >= 15 is 0 Å². The van der Waals surface area contributed by atoms with E-state index in [4.69, 9.17) is 9.47 Å². The predicted molar refractivity (Wildman–Crippen MR) is 157 cm³/mol. The molecule has 0 amide bonds. The molecule has 0 aromatic carbocycles. The Labute approximate surface area is 230 Å². The molecule has 0 fully saturated rings. The van der Waals surface area contributed by atoms with Crippen LogP contribution in [0.5, 0.6) is 0 Å². The minimum Gasteiger partial charge on any atom is -0.464 e. The van der Waals surface area contributed by atoms with Crippen molar-refractivity contribution in [3.8, 4) is 0 Å². The van der Waals surface area contributed by atoms with E-state index in [9.17, 15) is 9.59 Å². The monoisotopic (exact) mass is 525 g/mol. The summed E-state index contributed by atoms with van der Waals surface area (Å²) in [5, 5.41) is 3.07. The highest BCUT2D eigenvalue weighted by Crippen LogP contribution is 2.13. The molecule has 0 rings (SSSR count). The first kappa shape index (κ1) is 36.1. The van der Waals surface area contributed by atoms with Crippen molar-refractivity contribution in [1.82, 2.24) is 5.32 Å². The van der Waals surface area contributed by atoms with E-state index in [1.807, 2.05) is 0 Å². The number of hydrogen-bond donors (Lipinski definition) is 1. The maximum absolute atomic E-state index is 11.9. The summed E-state index contributed by atoms with van der Waals surface area (Å²) < 4.78 is 10.7. The molecule has 0 heterocycles. The van der Waals surface area contributed by atoms with Crippen molar-refractivity contribution >= 4 is 11.8 Å². The largest absolute Gasteiger partial charge is 0.464 e. The molecular weight excluding hydrogens is 462 g/mol. The second kappa shape index (κ2) is 31.3. The van der Waals surface area contributed by atoms with E-state index in [-0.39, 0.29) is 18.4 Å². The summed E-state index contributed by atoms with van der Waals surface area (Å²) in [6.07, 6.45) is 29.4. The lowest BCUT2D eigenvalue weighted by atomic mass is 10.0. The van der Waals surface area contributed by atoms with E-state index < -0.39 is 0 Å². The SMILES string of the molecule is CCCCCCCCCCCCCC(=O)COCNCCOC(=O)CCCCCCCCCCCCC. The van der Waals surface area contributed by atoms with Crippen LogP contribution in [0.4, 0.5) is 0 Å². The third-order valence-electron chi connectivity index (χ3n) is 7.05. The fourth-order valence-electron chi connectivity index (χ4n) is 4.61. The molecule has 0 aromatic heterocycles. The second-order valence-electron chi connectivity index (χ2n) is 10.8. The number of hydrogen-bond acceptors (Lipinski definition) is 5. The number of esters is 1. The van der Waals surface area contributed by atoms with Crippen LogP contribution in [-0.4, -0.2) is 38.2 Å². The number of carbonyl (C=O) groups is 2. The Balaban J connectivity index is 3.26. The van der Waals surface area contributed by atoms with Crippen LogP contribution >= 0.6 is 0 Å². The fraction of sp³-hybridized carbons (Fsp3) is 0.938. The molecule has 37 heavy (non-hydrogen) atoms. The Hall–Kier alpha value is -0.940. The van der Waals surface area contributed by atoms with Gasteiger partial charge in [0.25, 0.3) is 0 Å². The van der Waals surface area contributed by atoms with E-state index in [0.29, 0.717) is 32.7 Å². The Bertz CT molecular complexity index is 441. The van der Waals surface area contributed by atoms with Crippen LogP contribution in [0.2, 0.25) is 0 Å². The van der Waals surface area contributed by atoms with Gasteiger partial charge in [-0.25, -0.2) is 0 Å². The molecule has 0 unspecified atom stereocenters. The third kappa shape index (κ3) is 31.2. The van der Waals surface area contributed by atoms with Crippen molar-refractivity contribution in [2.75, 3.05) is 26.5 Å². The van der Waals surface area contributed by atoms with Crippen molar-refractivity contribution in [2.24, 2.45) is 0 Å². The molecule has 0 aliphatic rings. The normalized spacial score (nSPS) is 11.2. The molecule has 0 radical (unpaired) electrons. The van der Waals surface area contributed by atoms with Crippen LogP contribution in [0.25, 0.3) is 0 Å². The zero-order valence-electron chi connectivity index (χ0n) is 24.9. The molecule has 0 aliphatic carbocycles. The molecule has 0 saturated heterocycles. The summed E-state index contributed by atoms with van der Waals surface area (Å²) in [7, 11) is 0. The average Bonchev–Trinajstić information content (AvgIpc) is 2.89. The van der Waals surface area contributed by atoms with Crippen molar-refractivity contribution in [1.29, 1.82) is 0 Å². The van der Waals surface area contributed by atoms with Gasteiger partial charge in [-0.1, -0.05) is 142 Å². The number of carbonyl (C=O) groups excluding carboxylic acids is 2. The number of ether oxygens (including phenoxy) is 2. The molecule has 5 nitrogen and oxygen atoms in total. The molecule has 0 aliphatic heterocycles. The zero-order valence-corrected chi connectivity index (χ0v) is 24.9. The first-order valence-electron chi connectivity index (χ1n) is 16.2. The van der Waals surface area contributed by atoms with Gasteiger partial charge in [0.1, 0.15) is 13.2 Å². The van der Waals surface area contributed by atoms with Crippen molar-refractivity contribution < 1.29 is 19.1 Å². The van der Waals surface area contributed by atoms with E-state index in [2.05, 4.69) is 19.2 Å². The number of nitrogens with one attached hydrogen (secondary N) is 1. The Kier molecular flexibility index (Phi) is 30.5. The van der Waals surface area contributed by atoms with Crippen molar-refractivity contribution in [3.63, 3.8) is 0 Å². The van der Waals surface area contributed by atoms with E-state index in [1.165, 1.54) is 116 Å². The van der Waals surface area contributed by atoms with Crippen LogP contribution < -0.4 is 5.32 Å². The summed E-state index contributed by atoms with van der Waals surface area (Å²) in [5.41, 5.74) is 0. The van der Waals surface area contributed by atoms with Crippen LogP contribution in [0.3, 0.4) is 0 Å². The van der Waals surface area contributed by atoms with Gasteiger partial charge >= 0.3 is 5.97 Å². The average molecular weight is 526 g/mol. The van der Waals surface area contributed by atoms with Crippen molar-refractivity contribution in [3.05, 3.63) is 0 Å². The maximum atomic E-state index is 11.9. The highest BCUT2D eigenvalue weighted by atomic mass is 16.5. The lowest BCUT2D eigenvalue weighted by molar-refractivity contribution is -0.143. The molecule has 0 aromatic rings. The molecular formula is C32H63NO4. The molecule has 5 heteroatoms. The summed E-state index contributed by atoms with van der Waals surface area (Å²) in [6.45, 7) is 5.91. The highest BCUT2D eigenvalue weighted by Gasteiger charge is 2.04. The summed E-state index contributed by atoms with van der Waals surface area (Å²) in [6, 6.07) is 0. The van der Waals surface area contributed by atoms with Gasteiger partial charge in [-0.3, -0.25) is 14.9 Å². The Morgan fingerprint density at radius 1 is 0.541 bits per heavy atom. The highest BCUT2D eigenvalue weighted by molar-refractivity contribution is 5.79. The van der Waals surface area contributed by atoms with Crippen LogP contribution in [-0.2, 0) is 19.1 Å². The first-order chi connectivity index (χ1) is 18.2. The van der Waals surface area contributed by atoms with Gasteiger partial charge in [0.05, 0.1) is 6.73 Å². The lowest BCUT2D eigenvalue weighted by Crippen LogP contribution is -2.25. The lowest BCUT2D eigenvalue weighted by Gasteiger charge is -2.07. The van der Waals surface area contributed by atoms with Crippen LogP contribution in [0.1, 0.15) is 168 Å². The molecule has 1 N–H and O–H groups in total. The smallest absolute Gasteiger partial charge is 0.305 e. The number of rotatable bonds is 31. The van der Waals surface area contributed by atoms with Gasteiger partial charge in [0.15, 0.2) is 5.78 Å². The van der Waals surface area contributed by atoms with Crippen LogP contribution in [0, 0.1) is 0 Å². The third-order valence-corrected chi connectivity index (χ3v) is 7.05. The number of Topliss-reactive ketones (excluding diaryl/α,β-unsaturated/α-hetero) is 1. The van der Waals surface area contributed by atoms with Gasteiger partial charge in [-0.15, -0.1) is 0 Å². The van der Waals surface area contributed by atoms with E-state index in [0.717, 1.165) is 25.7 Å². The minimum absolute atomic E-state index is 0.110. The molecule has 0 saturated carbocycles. The number of unbranched alkanes of at least 4 members (excludes halogenated alkanes) is 20. The minimum atomic E-state index is -0.110. The number of ketones is 1. The van der Waals surface area contributed by atoms with Crippen molar-refractivity contribution in [2.45, 2.75) is 168 Å². The maximum Gasteiger partial charge on any atom is 0.305 e. The molecule has 220 valence electrons. The van der Waals surface area contributed by atoms with Gasteiger partial charge in [-0.05, 0) is 12.8 Å². The summed E-state index contributed by atoms with van der Waals surface area (Å²) in [5.74, 6) is 0.0666. The molecule has 0 bridgehead atoms. The van der Waals surface area contributed by atoms with Gasteiger partial charge in [0, 0.05) is 19.4 Å². The predicted octanol–water partition coefficient (Wildman–Crippen LogP) is 9.06. The summed E-state index contributed by atoms with van der Waals surface area (Å²) >= 11 is 0. The second-order valence-corrected chi connectivity index (χ2v) is 10.8. The molecule has 0 spiro atoms. The first-order valence-corrected chi connectivity index (χ1v) is 16.2. The van der Waals surface area contributed by atoms with Gasteiger partial charge in [-0.2, -0.15) is 0 Å². The zero-order chi connectivity index (χ0) is 27.1. The standard InChI is InChI=1S/C32H63NO4/c1-3-5-7-9-11-13-15-17-19-21-23-25-31(34)29-36-30-33-27-28-37-32(35)26-24-22-20-18-16-14-12-10-8-6-4-2/h33H,3-30H2,1-2H3. The van der Waals surface area contributed by atoms with E-state index in [1.54, 1.807) is 0 Å². The fourth-order valence-corrected chi connectivity index (χ4v) is 4.61. The van der Waals surface area contributed by atoms with Gasteiger partial charge < -0.3 is 9.47 Å². The van der Waals surface area contributed by atoms with Crippen LogP contribution in [0.15, 0.2) is 0 Å². The Morgan fingerprint density at radius 3 is 1.41 bits per heavy atom. The quantitative estimate of drug-likeness (QED) is 0.0555. The Morgan fingerprint density at radius 2 is 0.946 bits per heavy atom. The molecule has 0 atom stereocenters.